The van der Waals surface area contributed by atoms with Gasteiger partial charge < -0.3 is 5.73 Å². The maximum atomic E-state index is 6.05. The SMILES string of the molecule is CC(C)CCC(N)c1ccc(Cl)cc1.Cl. The molecular weight excluding hydrogens is 229 g/mol. The van der Waals surface area contributed by atoms with Crippen molar-refractivity contribution in [1.82, 2.24) is 0 Å². The molecule has 1 rings (SSSR count). The first-order chi connectivity index (χ1) is 6.59. The number of nitrogens with two attached hydrogens (primary N) is 1. The number of halogens is 2. The zero-order valence-electron chi connectivity index (χ0n) is 9.24. The first-order valence-corrected chi connectivity index (χ1v) is 5.48. The zero-order chi connectivity index (χ0) is 10.6. The summed E-state index contributed by atoms with van der Waals surface area (Å²) < 4.78 is 0. The predicted octanol–water partition coefficient (Wildman–Crippen LogP) is 4.20. The molecule has 0 bridgehead atoms. The molecule has 1 atom stereocenters. The minimum atomic E-state index is 0. The first kappa shape index (κ1) is 14.8. The van der Waals surface area contributed by atoms with Crippen molar-refractivity contribution in [3.05, 3.63) is 34.9 Å². The Kier molecular flexibility index (Phi) is 6.99. The fourth-order valence-electron chi connectivity index (χ4n) is 1.39. The Hall–Kier alpha value is -0.240. The summed E-state index contributed by atoms with van der Waals surface area (Å²) in [4.78, 5) is 0. The number of benzene rings is 1. The van der Waals surface area contributed by atoms with Crippen LogP contribution in [0.2, 0.25) is 5.02 Å². The van der Waals surface area contributed by atoms with Crippen molar-refractivity contribution < 1.29 is 0 Å². The molecule has 0 spiro atoms. The third kappa shape index (κ3) is 5.41. The zero-order valence-corrected chi connectivity index (χ0v) is 10.8. The summed E-state index contributed by atoms with van der Waals surface area (Å²) in [5.41, 5.74) is 7.23. The standard InChI is InChI=1S/C12H18ClN.ClH/c1-9(2)3-8-12(14)10-4-6-11(13)7-5-10;/h4-7,9,12H,3,8,14H2,1-2H3;1H. The third-order valence-corrected chi connectivity index (χ3v) is 2.61. The second-order valence-corrected chi connectivity index (χ2v) is 4.57. The van der Waals surface area contributed by atoms with Gasteiger partial charge in [0.15, 0.2) is 0 Å². The normalized spacial score (nSPS) is 12.3. The van der Waals surface area contributed by atoms with E-state index in [9.17, 15) is 0 Å². The van der Waals surface area contributed by atoms with Gasteiger partial charge in [-0.25, -0.2) is 0 Å². The monoisotopic (exact) mass is 247 g/mol. The van der Waals surface area contributed by atoms with Gasteiger partial charge in [-0.2, -0.15) is 0 Å². The van der Waals surface area contributed by atoms with Gasteiger partial charge in [0, 0.05) is 11.1 Å². The van der Waals surface area contributed by atoms with Crippen molar-refractivity contribution in [2.75, 3.05) is 0 Å². The van der Waals surface area contributed by atoms with E-state index in [-0.39, 0.29) is 18.4 Å². The van der Waals surface area contributed by atoms with E-state index >= 15 is 0 Å². The average Bonchev–Trinajstić information content (AvgIpc) is 2.15. The molecule has 1 unspecified atom stereocenters. The van der Waals surface area contributed by atoms with E-state index in [2.05, 4.69) is 13.8 Å². The summed E-state index contributed by atoms with van der Waals surface area (Å²) in [6.45, 7) is 4.43. The van der Waals surface area contributed by atoms with Gasteiger partial charge in [0.25, 0.3) is 0 Å². The van der Waals surface area contributed by atoms with Crippen LogP contribution in [0.1, 0.15) is 38.3 Å². The molecule has 2 N–H and O–H groups in total. The lowest BCUT2D eigenvalue weighted by Gasteiger charge is -2.13. The Balaban J connectivity index is 0.00000196. The Morgan fingerprint density at radius 1 is 1.13 bits per heavy atom. The van der Waals surface area contributed by atoms with Gasteiger partial charge >= 0.3 is 0 Å². The molecule has 0 aliphatic carbocycles. The van der Waals surface area contributed by atoms with E-state index in [1.807, 2.05) is 24.3 Å². The molecule has 1 aromatic rings. The van der Waals surface area contributed by atoms with Crippen molar-refractivity contribution in [2.45, 2.75) is 32.7 Å². The van der Waals surface area contributed by atoms with Crippen LogP contribution < -0.4 is 5.73 Å². The molecule has 0 radical (unpaired) electrons. The fraction of sp³-hybridized carbons (Fsp3) is 0.500. The molecule has 0 aliphatic heterocycles. The smallest absolute Gasteiger partial charge is 0.0406 e. The molecule has 0 amide bonds. The Morgan fingerprint density at radius 3 is 2.13 bits per heavy atom. The van der Waals surface area contributed by atoms with Gasteiger partial charge in [0.05, 0.1) is 0 Å². The van der Waals surface area contributed by atoms with Gasteiger partial charge in [-0.05, 0) is 36.5 Å². The van der Waals surface area contributed by atoms with E-state index < -0.39 is 0 Å². The van der Waals surface area contributed by atoms with E-state index in [0.717, 1.165) is 11.4 Å². The highest BCUT2D eigenvalue weighted by atomic mass is 35.5. The van der Waals surface area contributed by atoms with Crippen LogP contribution in [0, 0.1) is 5.92 Å². The van der Waals surface area contributed by atoms with Crippen molar-refractivity contribution in [3.63, 3.8) is 0 Å². The summed E-state index contributed by atoms with van der Waals surface area (Å²) in [7, 11) is 0. The van der Waals surface area contributed by atoms with Crippen LogP contribution in [0.25, 0.3) is 0 Å². The van der Waals surface area contributed by atoms with Crippen LogP contribution in [0.4, 0.5) is 0 Å². The van der Waals surface area contributed by atoms with E-state index in [1.54, 1.807) is 0 Å². The minimum Gasteiger partial charge on any atom is -0.324 e. The third-order valence-electron chi connectivity index (χ3n) is 2.35. The summed E-state index contributed by atoms with van der Waals surface area (Å²) in [5, 5.41) is 0.768. The molecule has 15 heavy (non-hydrogen) atoms. The van der Waals surface area contributed by atoms with E-state index in [4.69, 9.17) is 17.3 Å². The van der Waals surface area contributed by atoms with Crippen LogP contribution >= 0.6 is 24.0 Å². The van der Waals surface area contributed by atoms with Crippen molar-refractivity contribution >= 4 is 24.0 Å². The number of hydrogen-bond acceptors (Lipinski definition) is 1. The maximum absolute atomic E-state index is 6.05. The lowest BCUT2D eigenvalue weighted by Crippen LogP contribution is -2.10. The van der Waals surface area contributed by atoms with Gasteiger partial charge in [-0.1, -0.05) is 37.6 Å². The van der Waals surface area contributed by atoms with Gasteiger partial charge in [0.2, 0.25) is 0 Å². The van der Waals surface area contributed by atoms with Crippen LogP contribution in [0.3, 0.4) is 0 Å². The first-order valence-electron chi connectivity index (χ1n) is 5.10. The summed E-state index contributed by atoms with van der Waals surface area (Å²) in [5.74, 6) is 0.716. The lowest BCUT2D eigenvalue weighted by molar-refractivity contribution is 0.507. The van der Waals surface area contributed by atoms with Gasteiger partial charge in [-0.15, -0.1) is 12.4 Å². The van der Waals surface area contributed by atoms with Crippen LogP contribution in [-0.4, -0.2) is 0 Å². The van der Waals surface area contributed by atoms with Crippen LogP contribution in [0.5, 0.6) is 0 Å². The maximum Gasteiger partial charge on any atom is 0.0406 e. The average molecular weight is 248 g/mol. The van der Waals surface area contributed by atoms with Gasteiger partial charge in [-0.3, -0.25) is 0 Å². The molecule has 0 aliphatic rings. The number of hydrogen-bond donors (Lipinski definition) is 1. The summed E-state index contributed by atoms with van der Waals surface area (Å²) in [6, 6.07) is 7.95. The molecule has 0 saturated heterocycles. The molecule has 0 heterocycles. The molecule has 1 nitrogen and oxygen atoms in total. The molecule has 1 aromatic carbocycles. The highest BCUT2D eigenvalue weighted by Crippen LogP contribution is 2.20. The van der Waals surface area contributed by atoms with Crippen molar-refractivity contribution in [2.24, 2.45) is 11.7 Å². The largest absolute Gasteiger partial charge is 0.324 e. The van der Waals surface area contributed by atoms with Crippen molar-refractivity contribution in [3.8, 4) is 0 Å². The highest BCUT2D eigenvalue weighted by Gasteiger charge is 2.06. The minimum absolute atomic E-state index is 0. The molecule has 0 aromatic heterocycles. The van der Waals surface area contributed by atoms with Crippen molar-refractivity contribution in [1.29, 1.82) is 0 Å². The molecule has 86 valence electrons. The Morgan fingerprint density at radius 2 is 1.67 bits per heavy atom. The van der Waals surface area contributed by atoms with Crippen LogP contribution in [-0.2, 0) is 0 Å². The Labute approximate surface area is 103 Å². The molecule has 0 fully saturated rings. The second-order valence-electron chi connectivity index (χ2n) is 4.13. The predicted molar refractivity (Wildman–Crippen MR) is 69.7 cm³/mol. The molecular formula is C12H19Cl2N. The van der Waals surface area contributed by atoms with E-state index in [0.29, 0.717) is 5.92 Å². The van der Waals surface area contributed by atoms with E-state index in [1.165, 1.54) is 12.0 Å². The molecule has 0 saturated carbocycles. The van der Waals surface area contributed by atoms with Gasteiger partial charge in [0.1, 0.15) is 0 Å². The highest BCUT2D eigenvalue weighted by molar-refractivity contribution is 6.30. The summed E-state index contributed by atoms with van der Waals surface area (Å²) in [6.07, 6.45) is 2.21. The number of rotatable bonds is 4. The molecule has 3 heteroatoms. The van der Waals surface area contributed by atoms with Crippen LogP contribution in [0.15, 0.2) is 24.3 Å². The summed E-state index contributed by atoms with van der Waals surface area (Å²) >= 11 is 5.80. The topological polar surface area (TPSA) is 26.0 Å². The Bertz CT molecular complexity index is 269. The fourth-order valence-corrected chi connectivity index (χ4v) is 1.52. The lowest BCUT2D eigenvalue weighted by atomic mass is 9.98. The quantitative estimate of drug-likeness (QED) is 0.849. The second kappa shape index (κ2) is 7.10.